The zero-order valence-electron chi connectivity index (χ0n) is 13.9. The lowest BCUT2D eigenvalue weighted by Gasteiger charge is -2.04. The lowest BCUT2D eigenvalue weighted by atomic mass is 10.2. The summed E-state index contributed by atoms with van der Waals surface area (Å²) in [5.41, 5.74) is 1.84. The molecule has 0 fully saturated rings. The molecule has 2 aromatic rings. The fraction of sp³-hybridized carbons (Fsp3) is 0.389. The van der Waals surface area contributed by atoms with Gasteiger partial charge >= 0.3 is 5.97 Å². The van der Waals surface area contributed by atoms with E-state index in [9.17, 15) is 9.59 Å². The molecule has 2 rings (SSSR count). The quantitative estimate of drug-likeness (QED) is 0.566. The molecule has 0 aliphatic rings. The Morgan fingerprint density at radius 2 is 1.96 bits per heavy atom. The number of amides is 1. The monoisotopic (exact) mass is 329 g/mol. The van der Waals surface area contributed by atoms with Gasteiger partial charge in [-0.2, -0.15) is 5.10 Å². The Labute approximate surface area is 141 Å². The van der Waals surface area contributed by atoms with Gasteiger partial charge in [0.2, 0.25) is 5.91 Å². The van der Waals surface area contributed by atoms with Crippen LogP contribution in [-0.4, -0.2) is 35.3 Å². The molecular weight excluding hydrogens is 306 g/mol. The number of unbranched alkanes of at least 4 members (excludes halogenated alkanes) is 2. The third kappa shape index (κ3) is 5.87. The van der Waals surface area contributed by atoms with E-state index in [4.69, 9.17) is 0 Å². The van der Waals surface area contributed by atoms with Crippen LogP contribution in [0.25, 0.3) is 5.69 Å². The Balaban J connectivity index is 1.66. The maximum absolute atomic E-state index is 11.9. The third-order valence-electron chi connectivity index (χ3n) is 3.63. The van der Waals surface area contributed by atoms with Crippen LogP contribution in [0, 0.1) is 0 Å². The van der Waals surface area contributed by atoms with Crippen molar-refractivity contribution in [2.24, 2.45) is 0 Å². The lowest BCUT2D eigenvalue weighted by molar-refractivity contribution is -0.140. The average molecular weight is 329 g/mol. The Kier molecular flexibility index (Phi) is 7.01. The molecule has 24 heavy (non-hydrogen) atoms. The predicted molar refractivity (Wildman–Crippen MR) is 90.8 cm³/mol. The highest BCUT2D eigenvalue weighted by atomic mass is 16.5. The van der Waals surface area contributed by atoms with E-state index in [1.807, 2.05) is 36.5 Å². The molecule has 0 aliphatic heterocycles. The molecule has 1 amide bonds. The lowest BCUT2D eigenvalue weighted by Crippen LogP contribution is -2.25. The SMILES string of the molecule is COC(=O)CCCCCNC(=O)Cc1cnn(-c2ccccc2)c1. The molecular formula is C18H23N3O3. The highest BCUT2D eigenvalue weighted by molar-refractivity contribution is 5.78. The molecule has 6 nitrogen and oxygen atoms in total. The van der Waals surface area contributed by atoms with Gasteiger partial charge < -0.3 is 10.1 Å². The molecule has 0 saturated heterocycles. The molecule has 128 valence electrons. The van der Waals surface area contributed by atoms with Gasteiger partial charge in [0.15, 0.2) is 0 Å². The van der Waals surface area contributed by atoms with Crippen LogP contribution in [-0.2, 0) is 20.7 Å². The second-order valence-electron chi connectivity index (χ2n) is 5.54. The molecule has 0 radical (unpaired) electrons. The number of aromatic nitrogens is 2. The van der Waals surface area contributed by atoms with Crippen LogP contribution in [0.3, 0.4) is 0 Å². The summed E-state index contributed by atoms with van der Waals surface area (Å²) in [6.45, 7) is 0.618. The molecule has 0 saturated carbocycles. The fourth-order valence-electron chi connectivity index (χ4n) is 2.32. The number of hydrogen-bond acceptors (Lipinski definition) is 4. The van der Waals surface area contributed by atoms with Crippen molar-refractivity contribution in [2.75, 3.05) is 13.7 Å². The molecule has 1 aromatic heterocycles. The summed E-state index contributed by atoms with van der Waals surface area (Å²) in [7, 11) is 1.39. The van der Waals surface area contributed by atoms with E-state index in [-0.39, 0.29) is 11.9 Å². The summed E-state index contributed by atoms with van der Waals surface area (Å²) < 4.78 is 6.34. The van der Waals surface area contributed by atoms with Gasteiger partial charge in [0.05, 0.1) is 25.4 Å². The molecule has 1 heterocycles. The zero-order chi connectivity index (χ0) is 17.2. The molecule has 0 atom stereocenters. The number of para-hydroxylation sites is 1. The topological polar surface area (TPSA) is 73.2 Å². The summed E-state index contributed by atoms with van der Waals surface area (Å²) in [5, 5.41) is 7.17. The van der Waals surface area contributed by atoms with Crippen molar-refractivity contribution in [2.45, 2.75) is 32.1 Å². The number of esters is 1. The Bertz CT molecular complexity index is 653. The number of nitrogens with one attached hydrogen (secondary N) is 1. The zero-order valence-corrected chi connectivity index (χ0v) is 13.9. The molecule has 6 heteroatoms. The third-order valence-corrected chi connectivity index (χ3v) is 3.63. The highest BCUT2D eigenvalue weighted by Gasteiger charge is 2.06. The summed E-state index contributed by atoms with van der Waals surface area (Å²) in [6.07, 6.45) is 6.85. The van der Waals surface area contributed by atoms with Crippen LogP contribution in [0.4, 0.5) is 0 Å². The first-order valence-electron chi connectivity index (χ1n) is 8.11. The molecule has 0 aliphatic carbocycles. The van der Waals surface area contributed by atoms with Crippen LogP contribution in [0.2, 0.25) is 0 Å². The van der Waals surface area contributed by atoms with Crippen LogP contribution in [0.1, 0.15) is 31.2 Å². The first kappa shape index (κ1) is 17.7. The van der Waals surface area contributed by atoms with E-state index >= 15 is 0 Å². The van der Waals surface area contributed by atoms with Crippen molar-refractivity contribution in [3.63, 3.8) is 0 Å². The number of carbonyl (C=O) groups is 2. The smallest absolute Gasteiger partial charge is 0.305 e. The van der Waals surface area contributed by atoms with Crippen molar-refractivity contribution in [3.05, 3.63) is 48.3 Å². The Morgan fingerprint density at radius 1 is 1.17 bits per heavy atom. The van der Waals surface area contributed by atoms with E-state index in [0.717, 1.165) is 30.5 Å². The number of benzene rings is 1. The summed E-state index contributed by atoms with van der Waals surface area (Å²) in [5.74, 6) is -0.204. The number of nitrogens with zero attached hydrogens (tertiary/aromatic N) is 2. The molecule has 0 spiro atoms. The van der Waals surface area contributed by atoms with Gasteiger partial charge in [-0.1, -0.05) is 24.6 Å². The van der Waals surface area contributed by atoms with Crippen LogP contribution >= 0.6 is 0 Å². The Hall–Kier alpha value is -2.63. The minimum absolute atomic E-state index is 0.0180. The fourth-order valence-corrected chi connectivity index (χ4v) is 2.32. The van der Waals surface area contributed by atoms with E-state index in [2.05, 4.69) is 15.2 Å². The predicted octanol–water partition coefficient (Wildman–Crippen LogP) is 2.26. The number of rotatable bonds is 9. The summed E-state index contributed by atoms with van der Waals surface area (Å²) in [4.78, 5) is 22.9. The largest absolute Gasteiger partial charge is 0.469 e. The standard InChI is InChI=1S/C18H23N3O3/c1-24-18(23)10-6-3-7-11-19-17(22)12-15-13-20-21(14-15)16-8-4-2-5-9-16/h2,4-5,8-9,13-14H,3,6-7,10-12H2,1H3,(H,19,22). The van der Waals surface area contributed by atoms with Gasteiger partial charge in [-0.25, -0.2) is 4.68 Å². The van der Waals surface area contributed by atoms with Gasteiger partial charge in [-0.05, 0) is 30.5 Å². The maximum Gasteiger partial charge on any atom is 0.305 e. The second kappa shape index (κ2) is 9.50. The number of hydrogen-bond donors (Lipinski definition) is 1. The summed E-state index contributed by atoms with van der Waals surface area (Å²) in [6, 6.07) is 9.77. The highest BCUT2D eigenvalue weighted by Crippen LogP contribution is 2.08. The van der Waals surface area contributed by atoms with E-state index in [1.165, 1.54) is 7.11 Å². The van der Waals surface area contributed by atoms with E-state index in [0.29, 0.717) is 19.4 Å². The Morgan fingerprint density at radius 3 is 2.71 bits per heavy atom. The molecule has 0 unspecified atom stereocenters. The normalized spacial score (nSPS) is 10.4. The van der Waals surface area contributed by atoms with Gasteiger partial charge in [0, 0.05) is 19.2 Å². The van der Waals surface area contributed by atoms with E-state index < -0.39 is 0 Å². The van der Waals surface area contributed by atoms with Crippen LogP contribution < -0.4 is 5.32 Å². The van der Waals surface area contributed by atoms with Crippen molar-refractivity contribution < 1.29 is 14.3 Å². The van der Waals surface area contributed by atoms with Gasteiger partial charge in [0.25, 0.3) is 0 Å². The van der Waals surface area contributed by atoms with Gasteiger partial charge in [0.1, 0.15) is 0 Å². The van der Waals surface area contributed by atoms with Crippen LogP contribution in [0.15, 0.2) is 42.7 Å². The molecule has 1 N–H and O–H groups in total. The van der Waals surface area contributed by atoms with Crippen molar-refractivity contribution >= 4 is 11.9 Å². The first-order valence-corrected chi connectivity index (χ1v) is 8.11. The van der Waals surface area contributed by atoms with Gasteiger partial charge in [-0.3, -0.25) is 9.59 Å². The average Bonchev–Trinajstić information content (AvgIpc) is 3.07. The van der Waals surface area contributed by atoms with Crippen LogP contribution in [0.5, 0.6) is 0 Å². The molecule has 0 bridgehead atoms. The van der Waals surface area contributed by atoms with Crippen molar-refractivity contribution in [1.29, 1.82) is 0 Å². The maximum atomic E-state index is 11.9. The summed E-state index contributed by atoms with van der Waals surface area (Å²) >= 11 is 0. The number of ether oxygens (including phenoxy) is 1. The number of methoxy groups -OCH3 is 1. The molecule has 1 aromatic carbocycles. The number of carbonyl (C=O) groups excluding carboxylic acids is 2. The second-order valence-corrected chi connectivity index (χ2v) is 5.54. The van der Waals surface area contributed by atoms with Crippen molar-refractivity contribution in [1.82, 2.24) is 15.1 Å². The minimum Gasteiger partial charge on any atom is -0.469 e. The van der Waals surface area contributed by atoms with Gasteiger partial charge in [-0.15, -0.1) is 0 Å². The van der Waals surface area contributed by atoms with E-state index in [1.54, 1.807) is 10.9 Å². The van der Waals surface area contributed by atoms with Crippen molar-refractivity contribution in [3.8, 4) is 5.69 Å². The minimum atomic E-state index is -0.186. The first-order chi connectivity index (χ1) is 11.7.